The fourth-order valence-corrected chi connectivity index (χ4v) is 6.61. The van der Waals surface area contributed by atoms with Crippen molar-refractivity contribution in [2.75, 3.05) is 34.5 Å². The molecule has 0 radical (unpaired) electrons. The van der Waals surface area contributed by atoms with Crippen LogP contribution in [0, 0.1) is 0 Å². The van der Waals surface area contributed by atoms with E-state index in [4.69, 9.17) is 28.7 Å². The lowest BCUT2D eigenvalue weighted by Gasteiger charge is -2.26. The summed E-state index contributed by atoms with van der Waals surface area (Å²) in [5.41, 5.74) is 2.38. The molecule has 0 aliphatic carbocycles. The highest BCUT2D eigenvalue weighted by atomic mass is 79.9. The minimum absolute atomic E-state index is 0.150. The molecular formula is C34H31BrN2O7S. The summed E-state index contributed by atoms with van der Waals surface area (Å²) < 4.78 is 30.5. The molecule has 0 saturated heterocycles. The van der Waals surface area contributed by atoms with Crippen molar-refractivity contribution < 1.29 is 28.5 Å². The van der Waals surface area contributed by atoms with E-state index in [1.807, 2.05) is 36.4 Å². The normalized spacial score (nSPS) is 14.3. The molecule has 0 spiro atoms. The van der Waals surface area contributed by atoms with E-state index >= 15 is 0 Å². The largest absolute Gasteiger partial charge is 0.493 e. The molecule has 1 atom stereocenters. The molecule has 1 aliphatic heterocycles. The number of ether oxygens (including phenoxy) is 5. The maximum absolute atomic E-state index is 14.3. The van der Waals surface area contributed by atoms with Gasteiger partial charge < -0.3 is 23.7 Å². The van der Waals surface area contributed by atoms with Gasteiger partial charge in [-0.25, -0.2) is 9.79 Å². The van der Waals surface area contributed by atoms with E-state index in [2.05, 4.69) is 22.5 Å². The Bertz CT molecular complexity index is 1960. The van der Waals surface area contributed by atoms with Crippen molar-refractivity contribution in [2.45, 2.75) is 13.0 Å². The van der Waals surface area contributed by atoms with Gasteiger partial charge in [-0.1, -0.05) is 60.4 Å². The average Bonchev–Trinajstić information content (AvgIpc) is 3.37. The van der Waals surface area contributed by atoms with E-state index in [9.17, 15) is 9.59 Å². The zero-order chi connectivity index (χ0) is 32.1. The summed E-state index contributed by atoms with van der Waals surface area (Å²) in [7, 11) is 4.62. The lowest BCUT2D eigenvalue weighted by molar-refractivity contribution is -0.138. The van der Waals surface area contributed by atoms with E-state index in [1.54, 1.807) is 57.6 Å². The summed E-state index contributed by atoms with van der Waals surface area (Å²) in [5, 5.41) is 0. The van der Waals surface area contributed by atoms with Gasteiger partial charge in [0.1, 0.15) is 6.61 Å². The van der Waals surface area contributed by atoms with E-state index < -0.39 is 12.0 Å². The summed E-state index contributed by atoms with van der Waals surface area (Å²) in [4.78, 5) is 33.3. The Balaban J connectivity index is 1.79. The highest BCUT2D eigenvalue weighted by Gasteiger charge is 2.35. The molecule has 2 heterocycles. The predicted molar refractivity (Wildman–Crippen MR) is 177 cm³/mol. The number of carbonyl (C=O) groups excluding carboxylic acids is 1. The van der Waals surface area contributed by atoms with E-state index in [0.29, 0.717) is 65.8 Å². The van der Waals surface area contributed by atoms with Gasteiger partial charge in [-0.3, -0.25) is 9.36 Å². The second-order valence-corrected chi connectivity index (χ2v) is 11.5. The molecule has 0 saturated carbocycles. The molecule has 0 unspecified atom stereocenters. The summed E-state index contributed by atoms with van der Waals surface area (Å²) in [6.45, 7) is 5.88. The van der Waals surface area contributed by atoms with E-state index in [0.717, 1.165) is 0 Å². The summed E-state index contributed by atoms with van der Waals surface area (Å²) in [6, 6.07) is 17.4. The third-order valence-electron chi connectivity index (χ3n) is 6.99. The third-order valence-corrected chi connectivity index (χ3v) is 8.56. The number of halogens is 1. The van der Waals surface area contributed by atoms with Gasteiger partial charge in [0.2, 0.25) is 0 Å². The van der Waals surface area contributed by atoms with Gasteiger partial charge in [0.25, 0.3) is 5.56 Å². The number of esters is 1. The number of aromatic nitrogens is 1. The van der Waals surface area contributed by atoms with Crippen LogP contribution in [0.15, 0.2) is 93.2 Å². The van der Waals surface area contributed by atoms with Crippen molar-refractivity contribution >= 4 is 45.0 Å². The van der Waals surface area contributed by atoms with Crippen LogP contribution in [0.1, 0.15) is 29.7 Å². The van der Waals surface area contributed by atoms with Crippen LogP contribution < -0.4 is 33.8 Å². The van der Waals surface area contributed by atoms with Gasteiger partial charge >= 0.3 is 5.97 Å². The highest BCUT2D eigenvalue weighted by molar-refractivity contribution is 9.10. The number of methoxy groups -OCH3 is 3. The van der Waals surface area contributed by atoms with Crippen LogP contribution in [0.2, 0.25) is 0 Å². The first kappa shape index (κ1) is 31.8. The molecule has 0 fully saturated rings. The van der Waals surface area contributed by atoms with Crippen LogP contribution in [0.3, 0.4) is 0 Å². The average molecular weight is 692 g/mol. The summed E-state index contributed by atoms with van der Waals surface area (Å²) >= 11 is 4.78. The zero-order valence-corrected chi connectivity index (χ0v) is 27.6. The summed E-state index contributed by atoms with van der Waals surface area (Å²) in [6.07, 6.45) is 3.40. The number of carbonyl (C=O) groups is 1. The number of fused-ring (bicyclic) bond motifs is 1. The van der Waals surface area contributed by atoms with Crippen molar-refractivity contribution in [3.05, 3.63) is 120 Å². The van der Waals surface area contributed by atoms with Crippen LogP contribution in [0.4, 0.5) is 0 Å². The Morgan fingerprint density at radius 3 is 2.42 bits per heavy atom. The summed E-state index contributed by atoms with van der Waals surface area (Å²) in [5.74, 6) is 1.41. The number of hydrogen-bond acceptors (Lipinski definition) is 9. The predicted octanol–water partition coefficient (Wildman–Crippen LogP) is 5.29. The van der Waals surface area contributed by atoms with E-state index in [-0.39, 0.29) is 17.7 Å². The number of benzene rings is 3. The molecule has 0 bridgehead atoms. The van der Waals surface area contributed by atoms with Crippen molar-refractivity contribution in [3.63, 3.8) is 0 Å². The van der Waals surface area contributed by atoms with Crippen molar-refractivity contribution in [1.82, 2.24) is 4.57 Å². The van der Waals surface area contributed by atoms with Crippen LogP contribution in [-0.4, -0.2) is 45.1 Å². The van der Waals surface area contributed by atoms with Gasteiger partial charge in [-0.15, -0.1) is 0 Å². The lowest BCUT2D eigenvalue weighted by atomic mass is 9.93. The number of hydrogen-bond donors (Lipinski definition) is 0. The highest BCUT2D eigenvalue weighted by Crippen LogP contribution is 2.39. The van der Waals surface area contributed by atoms with Gasteiger partial charge in [0, 0.05) is 5.56 Å². The maximum atomic E-state index is 14.3. The van der Waals surface area contributed by atoms with Gasteiger partial charge in [-0.2, -0.15) is 0 Å². The van der Waals surface area contributed by atoms with Crippen molar-refractivity contribution in [1.29, 1.82) is 0 Å². The second-order valence-electron chi connectivity index (χ2n) is 9.68. The number of thiazole rings is 1. The van der Waals surface area contributed by atoms with Crippen LogP contribution in [0.25, 0.3) is 11.8 Å². The molecule has 232 valence electrons. The maximum Gasteiger partial charge on any atom is 0.338 e. The lowest BCUT2D eigenvalue weighted by Crippen LogP contribution is -2.40. The van der Waals surface area contributed by atoms with Crippen LogP contribution >= 0.6 is 27.3 Å². The molecule has 9 nitrogen and oxygen atoms in total. The zero-order valence-electron chi connectivity index (χ0n) is 25.2. The minimum atomic E-state index is -0.867. The Hall–Kier alpha value is -4.61. The Kier molecular flexibility index (Phi) is 9.90. The monoisotopic (exact) mass is 690 g/mol. The smallest absolute Gasteiger partial charge is 0.338 e. The Morgan fingerprint density at radius 1 is 1.02 bits per heavy atom. The second kappa shape index (κ2) is 14.0. The van der Waals surface area contributed by atoms with E-state index in [1.165, 1.54) is 23.0 Å². The molecule has 0 amide bonds. The SMILES string of the molecule is C=CCOc1c(Br)cc(/C=c2\sc3n(c2=O)[C@H](c2ccc(OC)c(OC)c2)C(C(=O)OCC)=C(c2ccccc2)N=3)cc1OC. The Labute approximate surface area is 272 Å². The molecule has 0 N–H and O–H groups in total. The molecule has 1 aromatic heterocycles. The Morgan fingerprint density at radius 2 is 1.76 bits per heavy atom. The molecule has 45 heavy (non-hydrogen) atoms. The third kappa shape index (κ3) is 6.31. The molecule has 5 rings (SSSR count). The number of rotatable bonds is 11. The quantitative estimate of drug-likeness (QED) is 0.156. The van der Waals surface area contributed by atoms with Crippen LogP contribution in [-0.2, 0) is 9.53 Å². The molecule has 3 aromatic carbocycles. The topological polar surface area (TPSA) is 97.6 Å². The van der Waals surface area contributed by atoms with Gasteiger partial charge in [0.05, 0.1) is 54.3 Å². The molecule has 1 aliphatic rings. The fraction of sp³-hybridized carbons (Fsp3) is 0.206. The minimum Gasteiger partial charge on any atom is -0.493 e. The molecule has 11 heteroatoms. The van der Waals surface area contributed by atoms with Crippen molar-refractivity contribution in [2.24, 2.45) is 4.99 Å². The standard InChI is InChI=1S/C34H31BrN2O7S/c1-6-15-44-31-23(35)16-20(17-26(31)42-5)18-27-32(38)37-30(22-13-14-24(40-3)25(19-22)41-4)28(33(39)43-7-2)29(36-34(37)45-27)21-11-9-8-10-12-21/h6,8-14,16-19,30H,1,7,15H2,2-5H3/b27-18-/t30-/m1/s1. The van der Waals surface area contributed by atoms with Gasteiger partial charge in [-0.05, 0) is 64.3 Å². The first-order valence-corrected chi connectivity index (χ1v) is 15.6. The van der Waals surface area contributed by atoms with Crippen LogP contribution in [0.5, 0.6) is 23.0 Å². The first-order chi connectivity index (χ1) is 21.8. The fourth-order valence-electron chi connectivity index (χ4n) is 5.04. The molecular weight excluding hydrogens is 660 g/mol. The molecule has 4 aromatic rings. The number of nitrogens with zero attached hydrogens (tertiary/aromatic N) is 2. The first-order valence-electron chi connectivity index (χ1n) is 14.0. The van der Waals surface area contributed by atoms with Crippen molar-refractivity contribution in [3.8, 4) is 23.0 Å². The van der Waals surface area contributed by atoms with Gasteiger partial charge in [0.15, 0.2) is 27.8 Å².